The molecule has 0 fully saturated rings. The number of aliphatic hydroxyl groups is 2. The predicted octanol–water partition coefficient (Wildman–Crippen LogP) is 6.61. The number of aryl methyl sites for hydroxylation is 3. The smallest absolute Gasteiger partial charge is 0.0613 e. The van der Waals surface area contributed by atoms with Gasteiger partial charge in [-0.05, 0) is 46.9 Å². The Kier molecular flexibility index (Phi) is 9.27. The van der Waals surface area contributed by atoms with Crippen LogP contribution in [0.4, 0.5) is 0 Å². The summed E-state index contributed by atoms with van der Waals surface area (Å²) < 4.78 is 0. The van der Waals surface area contributed by atoms with Crippen LogP contribution in [-0.4, -0.2) is 27.4 Å². The average Bonchev–Trinajstić information content (AvgIpc) is 2.71. The summed E-state index contributed by atoms with van der Waals surface area (Å²) in [6.45, 7) is 16.2. The molecule has 187 valence electrons. The Balaban J connectivity index is 0.000000258. The fourth-order valence-electron chi connectivity index (χ4n) is 4.07. The number of pyridine rings is 1. The van der Waals surface area contributed by atoms with Crippen LogP contribution < -0.4 is 0 Å². The van der Waals surface area contributed by atoms with Crippen molar-refractivity contribution in [3.05, 3.63) is 64.7 Å². The van der Waals surface area contributed by atoms with Gasteiger partial charge in [-0.3, -0.25) is 4.98 Å². The molecule has 2 N–H and O–H groups in total. The molecule has 3 aromatic rings. The molecule has 2 atom stereocenters. The third kappa shape index (κ3) is 6.76. The zero-order chi connectivity index (χ0) is 24.6. The van der Waals surface area contributed by atoms with Crippen LogP contribution in [0.15, 0.2) is 36.4 Å². The van der Waals surface area contributed by atoms with Crippen LogP contribution in [-0.2, 0) is 32.9 Å². The van der Waals surface area contributed by atoms with Gasteiger partial charge in [0.2, 0.25) is 0 Å². The van der Waals surface area contributed by atoms with Crippen molar-refractivity contribution in [2.24, 2.45) is 10.8 Å². The summed E-state index contributed by atoms with van der Waals surface area (Å²) in [6, 6.07) is 16.4. The first-order valence-corrected chi connectivity index (χ1v) is 12.0. The van der Waals surface area contributed by atoms with Gasteiger partial charge in [0.05, 0.1) is 17.7 Å². The Morgan fingerprint density at radius 1 is 0.912 bits per heavy atom. The summed E-state index contributed by atoms with van der Waals surface area (Å²) in [6.07, 6.45) is 1.75. The molecule has 1 radical (unpaired) electrons. The maximum Gasteiger partial charge on any atom is 0.0613 e. The standard InChI is InChI=1S/C19H16N.C11H24O2.Ir/c1-12-6-7-14-11-15-8-9-16-13(2)4-3-5-17(16)19(15)20-18(14)10-12;1-10(2,3)8(12)7-9(13)11(4,5)6;/h3-4,6-7,10-11H,8-9H2,1-2H3;8-9,12-13H,7H2,1-6H3;/q-1;;. The van der Waals surface area contributed by atoms with E-state index in [1.54, 1.807) is 0 Å². The van der Waals surface area contributed by atoms with Crippen LogP contribution >= 0.6 is 0 Å². The molecule has 0 saturated heterocycles. The Bertz CT molecular complexity index is 1110. The summed E-state index contributed by atoms with van der Waals surface area (Å²) in [5.74, 6) is 0. The topological polar surface area (TPSA) is 53.4 Å². The fraction of sp³-hybridized carbons (Fsp3) is 0.500. The fourth-order valence-corrected chi connectivity index (χ4v) is 4.07. The van der Waals surface area contributed by atoms with Gasteiger partial charge in [-0.1, -0.05) is 78.6 Å². The van der Waals surface area contributed by atoms with E-state index >= 15 is 0 Å². The number of hydrogen-bond acceptors (Lipinski definition) is 3. The molecule has 3 nitrogen and oxygen atoms in total. The third-order valence-electron chi connectivity index (χ3n) is 6.72. The van der Waals surface area contributed by atoms with Crippen molar-refractivity contribution in [2.75, 3.05) is 0 Å². The number of benzene rings is 2. The van der Waals surface area contributed by atoms with Crippen LogP contribution in [0.25, 0.3) is 22.2 Å². The van der Waals surface area contributed by atoms with E-state index in [9.17, 15) is 10.2 Å². The van der Waals surface area contributed by atoms with Crippen molar-refractivity contribution in [1.82, 2.24) is 4.98 Å². The van der Waals surface area contributed by atoms with Crippen molar-refractivity contribution in [3.63, 3.8) is 0 Å². The van der Waals surface area contributed by atoms with E-state index in [0.717, 1.165) is 24.1 Å². The summed E-state index contributed by atoms with van der Waals surface area (Å²) in [7, 11) is 0. The van der Waals surface area contributed by atoms with E-state index in [0.29, 0.717) is 6.42 Å². The van der Waals surface area contributed by atoms with Crippen LogP contribution in [0.2, 0.25) is 0 Å². The molecular formula is C30H40IrNO2-. The second kappa shape index (κ2) is 11.0. The number of fused-ring (bicyclic) bond motifs is 4. The summed E-state index contributed by atoms with van der Waals surface area (Å²) in [4.78, 5) is 4.93. The molecular weight excluding hydrogens is 599 g/mol. The minimum Gasteiger partial charge on any atom is -0.392 e. The quantitative estimate of drug-likeness (QED) is 0.311. The van der Waals surface area contributed by atoms with Crippen molar-refractivity contribution < 1.29 is 30.3 Å². The predicted molar refractivity (Wildman–Crippen MR) is 138 cm³/mol. The van der Waals surface area contributed by atoms with Crippen LogP contribution in [0, 0.1) is 30.7 Å². The van der Waals surface area contributed by atoms with Crippen molar-refractivity contribution >= 4 is 10.9 Å². The van der Waals surface area contributed by atoms with Crippen LogP contribution in [0.3, 0.4) is 0 Å². The van der Waals surface area contributed by atoms with E-state index in [2.05, 4.69) is 50.2 Å². The Morgan fingerprint density at radius 2 is 1.53 bits per heavy atom. The van der Waals surface area contributed by atoms with Gasteiger partial charge in [0.25, 0.3) is 0 Å². The molecule has 34 heavy (non-hydrogen) atoms. The van der Waals surface area contributed by atoms with Gasteiger partial charge in [0.1, 0.15) is 0 Å². The van der Waals surface area contributed by atoms with E-state index in [1.165, 1.54) is 33.2 Å². The number of aliphatic hydroxyl groups excluding tert-OH is 2. The number of aromatic nitrogens is 1. The van der Waals surface area contributed by atoms with Gasteiger partial charge in [0, 0.05) is 26.5 Å². The molecule has 0 saturated carbocycles. The molecule has 0 aliphatic heterocycles. The molecule has 2 unspecified atom stereocenters. The van der Waals surface area contributed by atoms with Crippen LogP contribution in [0.1, 0.15) is 70.2 Å². The minimum absolute atomic E-state index is 0. The van der Waals surface area contributed by atoms with Gasteiger partial charge in [-0.25, -0.2) is 0 Å². The van der Waals surface area contributed by atoms with Gasteiger partial charge in [-0.2, -0.15) is 0 Å². The average molecular weight is 639 g/mol. The van der Waals surface area contributed by atoms with Crippen molar-refractivity contribution in [3.8, 4) is 11.3 Å². The summed E-state index contributed by atoms with van der Waals surface area (Å²) in [5.41, 5.74) is 8.52. The number of hydrogen-bond donors (Lipinski definition) is 2. The van der Waals surface area contributed by atoms with Crippen molar-refractivity contribution in [1.29, 1.82) is 0 Å². The van der Waals surface area contributed by atoms with Crippen molar-refractivity contribution in [2.45, 2.75) is 86.9 Å². The van der Waals surface area contributed by atoms with E-state index in [4.69, 9.17) is 4.98 Å². The molecule has 0 bridgehead atoms. The normalized spacial score (nSPS) is 14.8. The third-order valence-corrected chi connectivity index (χ3v) is 6.72. The van der Waals surface area contributed by atoms with E-state index in [-0.39, 0.29) is 30.9 Å². The number of rotatable bonds is 2. The SMILES string of the molecule is CC(C)(C)C(O)CC(O)C(C)(C)C.Cc1ccc2cc3c(nc2c1)-c1[c-]ccc(C)c1CC3.[Ir]. The first-order chi connectivity index (χ1) is 15.3. The monoisotopic (exact) mass is 639 g/mol. The largest absolute Gasteiger partial charge is 0.392 e. The van der Waals surface area contributed by atoms with Crippen LogP contribution in [0.5, 0.6) is 0 Å². The van der Waals surface area contributed by atoms with Gasteiger partial charge < -0.3 is 10.2 Å². The Hall–Kier alpha value is -1.58. The Morgan fingerprint density at radius 3 is 2.12 bits per heavy atom. The van der Waals surface area contributed by atoms with Gasteiger partial charge in [-0.15, -0.1) is 34.9 Å². The number of nitrogens with zero attached hydrogens (tertiary/aromatic N) is 1. The molecule has 1 heterocycles. The second-order valence-corrected chi connectivity index (χ2v) is 11.7. The van der Waals surface area contributed by atoms with E-state index in [1.807, 2.05) is 47.6 Å². The maximum absolute atomic E-state index is 9.76. The summed E-state index contributed by atoms with van der Waals surface area (Å²) >= 11 is 0. The molecule has 0 amide bonds. The molecule has 4 rings (SSSR count). The molecule has 1 aliphatic carbocycles. The first kappa shape index (κ1) is 28.7. The zero-order valence-corrected chi connectivity index (χ0v) is 24.3. The first-order valence-electron chi connectivity index (χ1n) is 12.0. The van der Waals surface area contributed by atoms with Gasteiger partial charge >= 0.3 is 0 Å². The molecule has 4 heteroatoms. The second-order valence-electron chi connectivity index (χ2n) is 11.7. The molecule has 0 spiro atoms. The molecule has 1 aromatic heterocycles. The maximum atomic E-state index is 9.76. The molecule has 2 aromatic carbocycles. The Labute approximate surface area is 219 Å². The zero-order valence-electron chi connectivity index (χ0n) is 21.9. The molecule has 1 aliphatic rings. The summed E-state index contributed by atoms with van der Waals surface area (Å²) in [5, 5.41) is 20.8. The van der Waals surface area contributed by atoms with Gasteiger partial charge in [0.15, 0.2) is 0 Å². The minimum atomic E-state index is -0.443. The van der Waals surface area contributed by atoms with E-state index < -0.39 is 12.2 Å².